The molecule has 0 aromatic heterocycles. The van der Waals surface area contributed by atoms with E-state index in [1.807, 2.05) is 30.3 Å². The number of phenolic OH excluding ortho intramolecular Hbond substituents is 1. The summed E-state index contributed by atoms with van der Waals surface area (Å²) in [7, 11) is 1.54. The average Bonchev–Trinajstić information content (AvgIpc) is 2.98. The quantitative estimate of drug-likeness (QED) is 0.884. The maximum atomic E-state index is 9.57. The van der Waals surface area contributed by atoms with E-state index in [1.165, 1.54) is 7.11 Å². The van der Waals surface area contributed by atoms with Gasteiger partial charge in [-0.05, 0) is 23.8 Å². The Kier molecular flexibility index (Phi) is 3.83. The van der Waals surface area contributed by atoms with Crippen molar-refractivity contribution in [3.63, 3.8) is 0 Å². The van der Waals surface area contributed by atoms with E-state index in [0.717, 1.165) is 22.6 Å². The maximum Gasteiger partial charge on any atom is 0.231 e. The highest BCUT2D eigenvalue weighted by Crippen LogP contribution is 2.35. The standard InChI is InChI=1S/C16H17NO4/c1-19-15-7-11(5-6-13(15)18)8-17-9-12-3-2-4-14-16(12)21-10-20-14/h2-7,17-18H,8-10H2,1H3. The zero-order valence-electron chi connectivity index (χ0n) is 11.8. The Hall–Kier alpha value is -2.40. The van der Waals surface area contributed by atoms with Crippen LogP contribution in [0.1, 0.15) is 11.1 Å². The van der Waals surface area contributed by atoms with Crippen LogP contribution in [0.25, 0.3) is 0 Å². The highest BCUT2D eigenvalue weighted by Gasteiger charge is 2.16. The maximum absolute atomic E-state index is 9.57. The summed E-state index contributed by atoms with van der Waals surface area (Å²) in [5.41, 5.74) is 2.10. The fourth-order valence-electron chi connectivity index (χ4n) is 2.30. The number of rotatable bonds is 5. The predicted molar refractivity (Wildman–Crippen MR) is 77.8 cm³/mol. The molecule has 2 aromatic rings. The summed E-state index contributed by atoms with van der Waals surface area (Å²) in [5.74, 6) is 2.23. The molecule has 110 valence electrons. The molecule has 2 N–H and O–H groups in total. The number of methoxy groups -OCH3 is 1. The molecule has 0 bridgehead atoms. The lowest BCUT2D eigenvalue weighted by atomic mass is 10.1. The van der Waals surface area contributed by atoms with Crippen molar-refractivity contribution in [3.05, 3.63) is 47.5 Å². The van der Waals surface area contributed by atoms with Gasteiger partial charge in [-0.3, -0.25) is 0 Å². The smallest absolute Gasteiger partial charge is 0.231 e. The number of benzene rings is 2. The van der Waals surface area contributed by atoms with Crippen molar-refractivity contribution in [1.82, 2.24) is 5.32 Å². The van der Waals surface area contributed by atoms with Crippen molar-refractivity contribution in [2.75, 3.05) is 13.9 Å². The number of hydrogen-bond acceptors (Lipinski definition) is 5. The first kappa shape index (κ1) is 13.6. The molecule has 0 amide bonds. The SMILES string of the molecule is COc1cc(CNCc2cccc3c2OCO3)ccc1O. The molecule has 3 rings (SSSR count). The van der Waals surface area contributed by atoms with Gasteiger partial charge in [0.1, 0.15) is 0 Å². The van der Waals surface area contributed by atoms with Gasteiger partial charge in [0.05, 0.1) is 7.11 Å². The normalized spacial score (nSPS) is 12.4. The van der Waals surface area contributed by atoms with E-state index in [9.17, 15) is 5.11 Å². The van der Waals surface area contributed by atoms with E-state index in [4.69, 9.17) is 14.2 Å². The topological polar surface area (TPSA) is 60.0 Å². The molecule has 1 aliphatic heterocycles. The van der Waals surface area contributed by atoms with E-state index < -0.39 is 0 Å². The van der Waals surface area contributed by atoms with Crippen LogP contribution in [0.2, 0.25) is 0 Å². The summed E-state index contributed by atoms with van der Waals surface area (Å²) >= 11 is 0. The van der Waals surface area contributed by atoms with Crippen LogP contribution in [-0.4, -0.2) is 19.0 Å². The molecule has 21 heavy (non-hydrogen) atoms. The van der Waals surface area contributed by atoms with Crippen molar-refractivity contribution in [3.8, 4) is 23.0 Å². The Morgan fingerprint density at radius 3 is 2.95 bits per heavy atom. The number of aromatic hydroxyl groups is 1. The van der Waals surface area contributed by atoms with Gasteiger partial charge in [0, 0.05) is 18.7 Å². The van der Waals surface area contributed by atoms with Crippen LogP contribution in [0.4, 0.5) is 0 Å². The third-order valence-corrected chi connectivity index (χ3v) is 3.37. The van der Waals surface area contributed by atoms with Crippen LogP contribution in [0, 0.1) is 0 Å². The first-order valence-electron chi connectivity index (χ1n) is 6.72. The molecular formula is C16H17NO4. The van der Waals surface area contributed by atoms with Gasteiger partial charge in [-0.15, -0.1) is 0 Å². The Bertz CT molecular complexity index is 642. The highest BCUT2D eigenvalue weighted by atomic mass is 16.7. The Morgan fingerprint density at radius 2 is 2.10 bits per heavy atom. The molecule has 0 unspecified atom stereocenters. The first-order chi connectivity index (χ1) is 10.3. The van der Waals surface area contributed by atoms with Gasteiger partial charge in [-0.2, -0.15) is 0 Å². The first-order valence-corrected chi connectivity index (χ1v) is 6.72. The Balaban J connectivity index is 1.63. The number of fused-ring (bicyclic) bond motifs is 1. The molecule has 0 saturated carbocycles. The average molecular weight is 287 g/mol. The summed E-state index contributed by atoms with van der Waals surface area (Å²) in [6.45, 7) is 1.62. The second kappa shape index (κ2) is 5.93. The predicted octanol–water partition coefficient (Wildman–Crippen LogP) is 2.42. The minimum absolute atomic E-state index is 0.146. The monoisotopic (exact) mass is 287 g/mol. The van der Waals surface area contributed by atoms with Gasteiger partial charge in [-0.1, -0.05) is 18.2 Å². The third-order valence-electron chi connectivity index (χ3n) is 3.37. The van der Waals surface area contributed by atoms with E-state index in [2.05, 4.69) is 5.32 Å². The molecule has 0 radical (unpaired) electrons. The minimum atomic E-state index is 0.146. The van der Waals surface area contributed by atoms with Crippen molar-refractivity contribution in [2.45, 2.75) is 13.1 Å². The molecule has 0 spiro atoms. The van der Waals surface area contributed by atoms with Crippen molar-refractivity contribution < 1.29 is 19.3 Å². The van der Waals surface area contributed by atoms with Crippen molar-refractivity contribution in [2.24, 2.45) is 0 Å². The fraction of sp³-hybridized carbons (Fsp3) is 0.250. The summed E-state index contributed by atoms with van der Waals surface area (Å²) in [6.07, 6.45) is 0. The van der Waals surface area contributed by atoms with Gasteiger partial charge in [0.2, 0.25) is 6.79 Å². The lowest BCUT2D eigenvalue weighted by Crippen LogP contribution is -2.13. The van der Waals surface area contributed by atoms with E-state index in [1.54, 1.807) is 6.07 Å². The van der Waals surface area contributed by atoms with Crippen molar-refractivity contribution in [1.29, 1.82) is 0 Å². The molecule has 0 fully saturated rings. The molecule has 5 heteroatoms. The van der Waals surface area contributed by atoms with Crippen molar-refractivity contribution >= 4 is 0 Å². The minimum Gasteiger partial charge on any atom is -0.504 e. The van der Waals surface area contributed by atoms with E-state index in [-0.39, 0.29) is 12.5 Å². The molecular weight excluding hydrogens is 270 g/mol. The van der Waals surface area contributed by atoms with Gasteiger partial charge in [-0.25, -0.2) is 0 Å². The van der Waals surface area contributed by atoms with Crippen LogP contribution in [0.15, 0.2) is 36.4 Å². The summed E-state index contributed by atoms with van der Waals surface area (Å²) in [4.78, 5) is 0. The van der Waals surface area contributed by atoms with Gasteiger partial charge >= 0.3 is 0 Å². The zero-order chi connectivity index (χ0) is 14.7. The molecule has 0 aliphatic carbocycles. The summed E-state index contributed by atoms with van der Waals surface area (Å²) in [6, 6.07) is 11.2. The van der Waals surface area contributed by atoms with Crippen LogP contribution < -0.4 is 19.5 Å². The number of phenols is 1. The summed E-state index contributed by atoms with van der Waals surface area (Å²) in [5, 5.41) is 12.9. The number of hydrogen-bond donors (Lipinski definition) is 2. The molecule has 5 nitrogen and oxygen atoms in total. The largest absolute Gasteiger partial charge is 0.504 e. The lowest BCUT2D eigenvalue weighted by molar-refractivity contribution is 0.173. The van der Waals surface area contributed by atoms with Crippen LogP contribution >= 0.6 is 0 Å². The van der Waals surface area contributed by atoms with Gasteiger partial charge < -0.3 is 24.6 Å². The highest BCUT2D eigenvalue weighted by molar-refractivity contribution is 5.48. The van der Waals surface area contributed by atoms with Gasteiger partial charge in [0.15, 0.2) is 23.0 Å². The Labute approximate surface area is 123 Å². The Morgan fingerprint density at radius 1 is 1.19 bits per heavy atom. The zero-order valence-corrected chi connectivity index (χ0v) is 11.8. The number of ether oxygens (including phenoxy) is 3. The van der Waals surface area contributed by atoms with E-state index in [0.29, 0.717) is 18.8 Å². The van der Waals surface area contributed by atoms with E-state index >= 15 is 0 Å². The van der Waals surface area contributed by atoms with Crippen LogP contribution in [0.5, 0.6) is 23.0 Å². The van der Waals surface area contributed by atoms with Crippen LogP contribution in [0.3, 0.4) is 0 Å². The molecule has 0 atom stereocenters. The molecule has 1 aliphatic rings. The molecule has 0 saturated heterocycles. The lowest BCUT2D eigenvalue weighted by Gasteiger charge is -2.09. The van der Waals surface area contributed by atoms with Crippen LogP contribution in [-0.2, 0) is 13.1 Å². The second-order valence-corrected chi connectivity index (χ2v) is 4.76. The summed E-state index contributed by atoms with van der Waals surface area (Å²) < 4.78 is 15.9. The number of para-hydroxylation sites is 1. The number of nitrogens with one attached hydrogen (secondary N) is 1. The fourth-order valence-corrected chi connectivity index (χ4v) is 2.30. The van der Waals surface area contributed by atoms with Gasteiger partial charge in [0.25, 0.3) is 0 Å². The molecule has 2 aromatic carbocycles. The second-order valence-electron chi connectivity index (χ2n) is 4.76. The molecule has 1 heterocycles. The third kappa shape index (κ3) is 2.87.